The van der Waals surface area contributed by atoms with Gasteiger partial charge in [0.25, 0.3) is 0 Å². The van der Waals surface area contributed by atoms with Crippen LogP contribution in [-0.2, 0) is 0 Å². The zero-order valence-corrected chi connectivity index (χ0v) is 14.2. The number of aromatic nitrogens is 3. The topological polar surface area (TPSA) is 53.6 Å². The van der Waals surface area contributed by atoms with Gasteiger partial charge in [0.05, 0.1) is 11.9 Å². The molecule has 0 radical (unpaired) electrons. The van der Waals surface area contributed by atoms with Crippen LogP contribution in [0.3, 0.4) is 0 Å². The second kappa shape index (κ2) is 6.87. The molecule has 6 heteroatoms. The van der Waals surface area contributed by atoms with Crippen LogP contribution in [0.25, 0.3) is 11.4 Å². The molecule has 1 fully saturated rings. The Morgan fingerprint density at radius 3 is 2.67 bits per heavy atom. The Morgan fingerprint density at radius 2 is 1.88 bits per heavy atom. The Balaban J connectivity index is 0.00000169. The van der Waals surface area contributed by atoms with Gasteiger partial charge >= 0.3 is 0 Å². The lowest BCUT2D eigenvalue weighted by Crippen LogP contribution is -2.38. The van der Waals surface area contributed by atoms with E-state index in [1.165, 1.54) is 12.1 Å². The van der Waals surface area contributed by atoms with Crippen molar-refractivity contribution in [3.63, 3.8) is 0 Å². The molecule has 0 spiro atoms. The van der Waals surface area contributed by atoms with E-state index in [-0.39, 0.29) is 24.3 Å². The third-order valence-electron chi connectivity index (χ3n) is 4.62. The summed E-state index contributed by atoms with van der Waals surface area (Å²) in [7, 11) is 0. The van der Waals surface area contributed by atoms with E-state index in [9.17, 15) is 4.39 Å². The maximum atomic E-state index is 13.1. The summed E-state index contributed by atoms with van der Waals surface area (Å²) in [5, 5.41) is 3.61. The molecule has 0 saturated carbocycles. The number of fused-ring (bicyclic) bond motifs is 1. The maximum Gasteiger partial charge on any atom is 0.123 e. The first kappa shape index (κ1) is 16.9. The summed E-state index contributed by atoms with van der Waals surface area (Å²) in [5.74, 6) is 1.16. The molecule has 4 nitrogen and oxygen atoms in total. The minimum absolute atomic E-state index is 0. The van der Waals surface area contributed by atoms with Crippen molar-refractivity contribution in [1.29, 1.82) is 0 Å². The van der Waals surface area contributed by atoms with Gasteiger partial charge in [-0.3, -0.25) is 4.98 Å². The van der Waals surface area contributed by atoms with Gasteiger partial charge in [0.15, 0.2) is 0 Å². The molecule has 3 unspecified atom stereocenters. The summed E-state index contributed by atoms with van der Waals surface area (Å²) in [6, 6.07) is 9.35. The summed E-state index contributed by atoms with van der Waals surface area (Å²) in [6.45, 7) is 2.19. The van der Waals surface area contributed by atoms with Crippen LogP contribution >= 0.6 is 12.4 Å². The molecule has 1 aromatic carbocycles. The van der Waals surface area contributed by atoms with Gasteiger partial charge in [0.1, 0.15) is 17.3 Å². The fourth-order valence-electron chi connectivity index (χ4n) is 3.50. The highest BCUT2D eigenvalue weighted by Crippen LogP contribution is 2.35. The predicted molar refractivity (Wildman–Crippen MR) is 94.0 cm³/mol. The molecule has 0 aliphatic carbocycles. The Morgan fingerprint density at radius 1 is 1.08 bits per heavy atom. The number of nitrogens with one attached hydrogen (secondary N) is 2. The average Bonchev–Trinajstić information content (AvgIpc) is 3.02. The molecule has 0 amide bonds. The smallest absolute Gasteiger partial charge is 0.123 e. The van der Waals surface area contributed by atoms with Gasteiger partial charge in [-0.05, 0) is 43.5 Å². The molecular weight excluding hydrogens is 327 g/mol. The fraction of sp³-hybridized carbons (Fsp3) is 0.333. The third kappa shape index (κ3) is 3.28. The van der Waals surface area contributed by atoms with Gasteiger partial charge in [-0.25, -0.2) is 9.37 Å². The number of halogens is 2. The van der Waals surface area contributed by atoms with Gasteiger partial charge in [-0.1, -0.05) is 12.1 Å². The zero-order valence-electron chi connectivity index (χ0n) is 13.4. The largest absolute Gasteiger partial charge is 0.342 e. The van der Waals surface area contributed by atoms with Crippen LogP contribution in [-0.4, -0.2) is 21.0 Å². The molecule has 4 rings (SSSR count). The summed E-state index contributed by atoms with van der Waals surface area (Å²) in [6.07, 6.45) is 5.60. The third-order valence-corrected chi connectivity index (χ3v) is 4.62. The molecule has 126 valence electrons. The van der Waals surface area contributed by atoms with Crippen molar-refractivity contribution in [2.24, 2.45) is 0 Å². The highest BCUT2D eigenvalue weighted by atomic mass is 35.5. The lowest BCUT2D eigenvalue weighted by Gasteiger charge is -2.34. The van der Waals surface area contributed by atoms with E-state index in [1.807, 2.05) is 24.4 Å². The van der Waals surface area contributed by atoms with E-state index in [2.05, 4.69) is 27.2 Å². The van der Waals surface area contributed by atoms with Crippen molar-refractivity contribution in [2.45, 2.75) is 37.8 Å². The van der Waals surface area contributed by atoms with Gasteiger partial charge < -0.3 is 10.3 Å². The number of benzene rings is 1. The van der Waals surface area contributed by atoms with E-state index >= 15 is 0 Å². The fourth-order valence-corrected chi connectivity index (χ4v) is 3.50. The average molecular weight is 347 g/mol. The van der Waals surface area contributed by atoms with Crippen LogP contribution in [0.2, 0.25) is 0 Å². The lowest BCUT2D eigenvalue weighted by atomic mass is 9.85. The molecule has 3 heterocycles. The van der Waals surface area contributed by atoms with Crippen LogP contribution in [0, 0.1) is 5.82 Å². The number of aromatic amines is 1. The Kier molecular flexibility index (Phi) is 4.83. The number of piperidine rings is 1. The Hall–Kier alpha value is -1.98. The van der Waals surface area contributed by atoms with Gasteiger partial charge in [-0.15, -0.1) is 12.4 Å². The number of hydrogen-bond donors (Lipinski definition) is 2. The Bertz CT molecular complexity index is 773. The van der Waals surface area contributed by atoms with Crippen LogP contribution in [0.4, 0.5) is 4.39 Å². The van der Waals surface area contributed by atoms with Crippen molar-refractivity contribution in [2.75, 3.05) is 0 Å². The van der Waals surface area contributed by atoms with E-state index in [0.717, 1.165) is 35.6 Å². The van der Waals surface area contributed by atoms with E-state index in [4.69, 9.17) is 0 Å². The molecule has 3 atom stereocenters. The first-order valence-corrected chi connectivity index (χ1v) is 8.00. The molecule has 24 heavy (non-hydrogen) atoms. The van der Waals surface area contributed by atoms with Crippen LogP contribution in [0.15, 0.2) is 42.7 Å². The number of hydrogen-bond acceptors (Lipinski definition) is 3. The molecule has 0 bridgehead atoms. The molecular formula is C18H20ClFN4. The predicted octanol–water partition coefficient (Wildman–Crippen LogP) is 4.07. The second-order valence-corrected chi connectivity index (χ2v) is 6.35. The monoisotopic (exact) mass is 346 g/mol. The molecule has 0 aromatic heterocycles. The van der Waals surface area contributed by atoms with Crippen LogP contribution < -0.4 is 5.32 Å². The molecule has 1 aromatic rings. The first-order chi connectivity index (χ1) is 11.2. The van der Waals surface area contributed by atoms with Crippen LogP contribution in [0.5, 0.6) is 0 Å². The van der Waals surface area contributed by atoms with Crippen molar-refractivity contribution in [1.82, 2.24) is 20.3 Å². The normalized spacial score (nSPS) is 23.8. The highest BCUT2D eigenvalue weighted by molar-refractivity contribution is 5.85. The van der Waals surface area contributed by atoms with E-state index in [0.29, 0.717) is 12.0 Å². The Labute approximate surface area is 146 Å². The van der Waals surface area contributed by atoms with Crippen molar-refractivity contribution < 1.29 is 4.39 Å². The SMILES string of the molecule is CC1CC(c2ncc3nccc-3[nH]2)CC(c2ccc(F)cc2)N1.Cl. The second-order valence-electron chi connectivity index (χ2n) is 6.35. The van der Waals surface area contributed by atoms with Crippen molar-refractivity contribution in [3.05, 3.63) is 59.9 Å². The molecule has 2 N–H and O–H groups in total. The molecule has 3 aliphatic heterocycles. The quantitative estimate of drug-likeness (QED) is 0.735. The van der Waals surface area contributed by atoms with Crippen LogP contribution in [0.1, 0.15) is 43.1 Å². The lowest BCUT2D eigenvalue weighted by molar-refractivity contribution is 0.299. The van der Waals surface area contributed by atoms with Gasteiger partial charge in [-0.2, -0.15) is 0 Å². The first-order valence-electron chi connectivity index (χ1n) is 8.00. The summed E-state index contributed by atoms with van der Waals surface area (Å²) < 4.78 is 13.1. The molecule has 3 aliphatic rings. The van der Waals surface area contributed by atoms with E-state index in [1.54, 1.807) is 6.20 Å². The van der Waals surface area contributed by atoms with E-state index < -0.39 is 0 Å². The standard InChI is InChI=1S/C18H19FN4.ClH/c1-11-8-13(18-21-10-17-15(23-18)6-7-20-17)9-16(22-11)12-2-4-14(19)5-3-12;/h2-7,10-11,13,16,22H,8-9H2,1H3,(H,21,23);1H. The highest BCUT2D eigenvalue weighted by Gasteiger charge is 2.29. The summed E-state index contributed by atoms with van der Waals surface area (Å²) in [5.41, 5.74) is 3.05. The van der Waals surface area contributed by atoms with Crippen molar-refractivity contribution >= 4 is 12.4 Å². The minimum Gasteiger partial charge on any atom is -0.342 e. The number of H-pyrrole nitrogens is 1. The minimum atomic E-state index is -0.196. The summed E-state index contributed by atoms with van der Waals surface area (Å²) in [4.78, 5) is 12.2. The zero-order chi connectivity index (χ0) is 15.8. The summed E-state index contributed by atoms with van der Waals surface area (Å²) >= 11 is 0. The molecule has 1 saturated heterocycles. The number of nitrogens with zero attached hydrogens (tertiary/aromatic N) is 2. The number of rotatable bonds is 2. The van der Waals surface area contributed by atoms with Gasteiger partial charge in [0.2, 0.25) is 0 Å². The maximum absolute atomic E-state index is 13.1. The van der Waals surface area contributed by atoms with Crippen molar-refractivity contribution in [3.8, 4) is 11.4 Å². The van der Waals surface area contributed by atoms with Gasteiger partial charge in [0, 0.05) is 24.2 Å².